The van der Waals surface area contributed by atoms with Crippen LogP contribution in [0.1, 0.15) is 101 Å². The number of rotatable bonds is 30. The SMILES string of the molecule is CC(=O)N[C@H](Cc1ccc2ccccc2c1)C(=O)N[C@H](Cc1ccc(Cl)cc1)C(=O)N[C@H](Cc1cccnc1)C(=O)N[C@@H](CC(=O)N=[N+]=[N-])C(=O)N[C@H]1CCC(=O)N[C@@H](Cc2ccc3ccccc3c2)C(=O)NCC[C@@H](C(=O)N2CCC[C@H]2C(=O)NC(CN)C(N)=O)NC(=O)[C@H](CC(C)C)NC(=O)[C@@H](CCCNC(=N)N)NC1=O. The van der Waals surface area contributed by atoms with Gasteiger partial charge in [0.15, 0.2) is 5.96 Å². The highest BCUT2D eigenvalue weighted by Gasteiger charge is 2.41. The highest BCUT2D eigenvalue weighted by Crippen LogP contribution is 2.23. The summed E-state index contributed by atoms with van der Waals surface area (Å²) in [5.41, 5.74) is 28.3. The highest BCUT2D eigenvalue weighted by molar-refractivity contribution is 6.30. The van der Waals surface area contributed by atoms with E-state index in [0.717, 1.165) is 21.5 Å². The van der Waals surface area contributed by atoms with E-state index in [9.17, 15) is 53.5 Å². The van der Waals surface area contributed by atoms with E-state index in [1.165, 1.54) is 30.3 Å². The number of primary amides is 1. The molecule has 1 unspecified atom stereocenters. The minimum atomic E-state index is -2.10. The molecule has 6 aromatic rings. The van der Waals surface area contributed by atoms with Crippen molar-refractivity contribution >= 4 is 122 Å². The summed E-state index contributed by atoms with van der Waals surface area (Å²) in [6.45, 7) is 3.97. The first-order chi connectivity index (χ1) is 54.5. The lowest BCUT2D eigenvalue weighted by molar-refractivity contribution is -0.142. The fourth-order valence-electron chi connectivity index (χ4n) is 13.3. The molecule has 0 radical (unpaired) electrons. The molecule has 19 N–H and O–H groups in total. The van der Waals surface area contributed by atoms with Gasteiger partial charge in [0.05, 0.1) is 0 Å². The first-order valence-electron chi connectivity index (χ1n) is 37.4. The Balaban J connectivity index is 1.13. The van der Waals surface area contributed by atoms with E-state index in [0.29, 0.717) is 33.7 Å². The number of benzene rings is 5. The molecule has 14 amide bonds. The molecule has 8 rings (SSSR count). The summed E-state index contributed by atoms with van der Waals surface area (Å²) < 4.78 is 0. The number of azide groups is 1. The zero-order valence-electron chi connectivity index (χ0n) is 63.2. The highest BCUT2D eigenvalue weighted by atomic mass is 35.5. The summed E-state index contributed by atoms with van der Waals surface area (Å²) in [4.78, 5) is 209. The summed E-state index contributed by atoms with van der Waals surface area (Å²) in [6, 6.07) is 18.2. The number of pyridine rings is 1. The third-order valence-electron chi connectivity index (χ3n) is 19.1. The number of guanidine groups is 1. The Labute approximate surface area is 661 Å². The maximum atomic E-state index is 15.2. The molecule has 2 aliphatic rings. The second-order valence-electron chi connectivity index (χ2n) is 28.4. The second-order valence-corrected chi connectivity index (χ2v) is 28.8. The number of nitrogens with two attached hydrogens (primary N) is 3. The zero-order valence-corrected chi connectivity index (χ0v) is 64.0. The van der Waals surface area contributed by atoms with E-state index in [-0.39, 0.29) is 89.9 Å². The van der Waals surface area contributed by atoms with E-state index in [4.69, 9.17) is 34.2 Å². The van der Waals surface area contributed by atoms with Gasteiger partial charge in [-0.25, -0.2) is 0 Å². The first-order valence-corrected chi connectivity index (χ1v) is 37.7. The zero-order chi connectivity index (χ0) is 82.5. The van der Waals surface area contributed by atoms with Crippen molar-refractivity contribution in [2.24, 2.45) is 28.2 Å². The number of likely N-dealkylation sites (tertiary alicyclic amines) is 1. The van der Waals surface area contributed by atoms with Crippen molar-refractivity contribution in [3.05, 3.63) is 171 Å². The van der Waals surface area contributed by atoms with E-state index in [2.05, 4.69) is 78.8 Å². The van der Waals surface area contributed by atoms with Crippen molar-refractivity contribution in [1.82, 2.24) is 73.7 Å². The van der Waals surface area contributed by atoms with E-state index in [1.54, 1.807) is 62.4 Å². The largest absolute Gasteiger partial charge is 0.370 e. The van der Waals surface area contributed by atoms with Crippen LogP contribution in [0.25, 0.3) is 32.0 Å². The van der Waals surface area contributed by atoms with E-state index in [1.807, 2.05) is 66.7 Å². The maximum Gasteiger partial charge on any atom is 0.245 e. The van der Waals surface area contributed by atoms with Crippen LogP contribution in [0, 0.1) is 11.3 Å². The lowest BCUT2D eigenvalue weighted by Gasteiger charge is -2.31. The van der Waals surface area contributed by atoms with Crippen LogP contribution in [0.15, 0.2) is 139 Å². The van der Waals surface area contributed by atoms with Crippen LogP contribution < -0.4 is 81.0 Å². The number of hydrogen-bond acceptors (Lipinski definition) is 17. The molecule has 3 heterocycles. The molecular formula is C78H96ClN21O14. The van der Waals surface area contributed by atoms with E-state index < -0.39 is 174 Å². The fraction of sp³-hybridized carbons (Fsp3) is 0.410. The molecule has 604 valence electrons. The summed E-state index contributed by atoms with van der Waals surface area (Å²) >= 11 is 6.26. The Kier molecular flexibility index (Phi) is 32.6. The number of amides is 14. The van der Waals surface area contributed by atoms with Gasteiger partial charge in [0.2, 0.25) is 82.7 Å². The van der Waals surface area contributed by atoms with Crippen LogP contribution in [0.5, 0.6) is 0 Å². The lowest BCUT2D eigenvalue weighted by Crippen LogP contribution is -2.61. The molecule has 5 aromatic carbocycles. The van der Waals surface area contributed by atoms with Crippen LogP contribution >= 0.6 is 11.6 Å². The van der Waals surface area contributed by atoms with Crippen LogP contribution in [0.3, 0.4) is 0 Å². The normalized spacial score (nSPS) is 19.1. The third kappa shape index (κ3) is 26.5. The molecular weight excluding hydrogens is 1490 g/mol. The molecule has 114 heavy (non-hydrogen) atoms. The minimum Gasteiger partial charge on any atom is -0.370 e. The predicted molar refractivity (Wildman–Crippen MR) is 421 cm³/mol. The quantitative estimate of drug-likeness (QED) is 0.00727. The summed E-state index contributed by atoms with van der Waals surface area (Å²) in [6.07, 6.45) is -0.637. The molecule has 0 spiro atoms. The first kappa shape index (κ1) is 87.0. The van der Waals surface area contributed by atoms with Crippen molar-refractivity contribution < 1.29 is 67.1 Å². The van der Waals surface area contributed by atoms with Gasteiger partial charge in [-0.05, 0) is 124 Å². The van der Waals surface area contributed by atoms with Gasteiger partial charge in [0.1, 0.15) is 66.5 Å². The topological polar surface area (TPSA) is 550 Å². The molecule has 2 fully saturated rings. The molecule has 1 aromatic heterocycles. The van der Waals surface area contributed by atoms with Gasteiger partial charge in [-0.15, -0.1) is 0 Å². The van der Waals surface area contributed by atoms with E-state index >= 15 is 19.2 Å². The average molecular weight is 1590 g/mol. The molecule has 2 saturated heterocycles. The molecule has 2 aliphatic heterocycles. The van der Waals surface area contributed by atoms with Crippen LogP contribution in [0.4, 0.5) is 0 Å². The van der Waals surface area contributed by atoms with Gasteiger partial charge in [-0.1, -0.05) is 129 Å². The Morgan fingerprint density at radius 1 is 0.640 bits per heavy atom. The summed E-state index contributed by atoms with van der Waals surface area (Å²) in [7, 11) is 0. The van der Waals surface area contributed by atoms with Crippen molar-refractivity contribution in [3.63, 3.8) is 0 Å². The number of halogens is 1. The second kappa shape index (κ2) is 42.7. The average Bonchev–Trinajstić information content (AvgIpc) is 1.53. The van der Waals surface area contributed by atoms with Crippen LogP contribution in [-0.4, -0.2) is 191 Å². The number of fused-ring (bicyclic) bond motifs is 2. The standard InChI is InChI=1S/C78H96ClN21O14/c1-43(2)33-57-71(108)92-56(77(114)100-32-10-17-64(100)76(113)97-63(41-80)67(81)104)28-31-86-68(105)58(37-46-18-22-49-12-4-6-14-51(49)34-46)89-65(102)27-26-55(70(107)90-54(69(106)93-57)16-9-30-87-78(82)83)91-75(112)62(40-66(103)98-99-84)96-74(111)61(39-48-11-8-29-85-42-48)95-73(110)60(36-45-20-24-53(79)25-21-45)94-72(109)59(88-44(3)101)38-47-19-23-50-13-5-7-15-52(50)35-47/h4-8,11-15,18-25,29,34-35,42-43,54-64H,9-10,16-17,26-28,30-33,36-41,80H2,1-3H3,(H2,81,104)(H,86,105)(H,88,101)(H,89,102)(H,90,107)(H,91,112)(H,92,108)(H,93,106)(H,94,109)(H,95,110)(H,96,111)(H,97,113)(H4,82,83,87)/t54-,55+,56+,57+,58+,59-,60-,61-,62+,63?,64+/m1/s1. The number of nitrogens with one attached hydrogen (secondary N) is 13. The van der Waals surface area contributed by atoms with Gasteiger partial charge in [-0.2, -0.15) is 0 Å². The summed E-state index contributed by atoms with van der Waals surface area (Å²) in [5, 5.41) is 46.3. The summed E-state index contributed by atoms with van der Waals surface area (Å²) in [5.74, 6) is -14.1. The van der Waals surface area contributed by atoms with Gasteiger partial charge in [0.25, 0.3) is 0 Å². The Morgan fingerprint density at radius 2 is 1.23 bits per heavy atom. The monoisotopic (exact) mass is 1590 g/mol. The molecule has 0 aliphatic carbocycles. The molecule has 11 atom stereocenters. The third-order valence-corrected chi connectivity index (χ3v) is 19.4. The van der Waals surface area contributed by atoms with Crippen molar-refractivity contribution in [1.29, 1.82) is 5.41 Å². The molecule has 0 saturated carbocycles. The Morgan fingerprint density at radius 3 is 1.83 bits per heavy atom. The van der Waals surface area contributed by atoms with Crippen LogP contribution in [0.2, 0.25) is 5.02 Å². The van der Waals surface area contributed by atoms with Gasteiger partial charge >= 0.3 is 0 Å². The fourth-order valence-corrected chi connectivity index (χ4v) is 13.5. The number of carbonyl (C=O) groups is 14. The molecule has 36 heteroatoms. The smallest absolute Gasteiger partial charge is 0.245 e. The number of aromatic nitrogens is 1. The maximum absolute atomic E-state index is 15.2. The number of nitrogens with zero attached hydrogens (tertiary/aromatic N) is 5. The van der Waals surface area contributed by atoms with Gasteiger partial charge in [0, 0.05) is 94.0 Å². The van der Waals surface area contributed by atoms with Crippen molar-refractivity contribution in [3.8, 4) is 0 Å². The number of carbonyl (C=O) groups excluding carboxylic acids is 14. The van der Waals surface area contributed by atoms with Gasteiger partial charge in [-0.3, -0.25) is 77.5 Å². The molecule has 35 nitrogen and oxygen atoms in total. The lowest BCUT2D eigenvalue weighted by atomic mass is 9.99. The molecule has 0 bridgehead atoms. The minimum absolute atomic E-state index is 0.00500. The van der Waals surface area contributed by atoms with Crippen molar-refractivity contribution in [2.75, 3.05) is 26.2 Å². The van der Waals surface area contributed by atoms with Crippen LogP contribution in [-0.2, 0) is 92.8 Å². The van der Waals surface area contributed by atoms with Gasteiger partial charge < -0.3 is 85.9 Å². The Hall–Kier alpha value is -12.6. The Bertz CT molecular complexity index is 4570. The number of hydrogen-bond donors (Lipinski definition) is 16. The predicted octanol–water partition coefficient (Wildman–Crippen LogP) is 0.451. The van der Waals surface area contributed by atoms with Crippen molar-refractivity contribution in [2.45, 2.75) is 171 Å².